The van der Waals surface area contributed by atoms with Gasteiger partial charge in [-0.25, -0.2) is 0 Å². The lowest BCUT2D eigenvalue weighted by Gasteiger charge is -2.19. The van der Waals surface area contributed by atoms with Gasteiger partial charge in [-0.1, -0.05) is 26.8 Å². The molecule has 1 aromatic rings. The fourth-order valence-corrected chi connectivity index (χ4v) is 1.42. The summed E-state index contributed by atoms with van der Waals surface area (Å²) in [6.45, 7) is 9.75. The van der Waals surface area contributed by atoms with Gasteiger partial charge < -0.3 is 11.1 Å². The number of nitrogens with one attached hydrogen (secondary N) is 1. The maximum Gasteiger partial charge on any atom is 0.0574 e. The molecule has 0 heterocycles. The van der Waals surface area contributed by atoms with Gasteiger partial charge in [0, 0.05) is 6.54 Å². The highest BCUT2D eigenvalue weighted by molar-refractivity contribution is 5.66. The van der Waals surface area contributed by atoms with E-state index in [1.54, 1.807) is 0 Å². The normalized spacial score (nSPS) is 11.5. The Morgan fingerprint density at radius 3 is 2.47 bits per heavy atom. The molecule has 0 saturated heterocycles. The average Bonchev–Trinajstić information content (AvgIpc) is 2.07. The van der Waals surface area contributed by atoms with Gasteiger partial charge in [-0.3, -0.25) is 0 Å². The monoisotopic (exact) mass is 206 g/mol. The second kappa shape index (κ2) is 4.56. The molecule has 2 heteroatoms. The standard InChI is InChI=1S/C13H22N2/c1-10-5-6-12(11(14)9-10)15-8-7-13(2,3)4/h5-6,9,15H,7-8,14H2,1-4H3. The zero-order chi connectivity index (χ0) is 11.5. The predicted molar refractivity (Wildman–Crippen MR) is 68.2 cm³/mol. The van der Waals surface area contributed by atoms with Crippen molar-refractivity contribution in [3.63, 3.8) is 0 Å². The summed E-state index contributed by atoms with van der Waals surface area (Å²) in [5, 5.41) is 3.37. The van der Waals surface area contributed by atoms with Crippen molar-refractivity contribution < 1.29 is 0 Å². The topological polar surface area (TPSA) is 38.0 Å². The lowest BCUT2D eigenvalue weighted by molar-refractivity contribution is 0.390. The maximum absolute atomic E-state index is 5.91. The summed E-state index contributed by atoms with van der Waals surface area (Å²) in [5.74, 6) is 0. The van der Waals surface area contributed by atoms with Crippen LogP contribution in [0.5, 0.6) is 0 Å². The molecular weight excluding hydrogens is 184 g/mol. The average molecular weight is 206 g/mol. The van der Waals surface area contributed by atoms with Crippen molar-refractivity contribution >= 4 is 11.4 Å². The van der Waals surface area contributed by atoms with Crippen LogP contribution < -0.4 is 11.1 Å². The molecule has 1 aromatic carbocycles. The summed E-state index contributed by atoms with van der Waals surface area (Å²) < 4.78 is 0. The number of hydrogen-bond donors (Lipinski definition) is 2. The Morgan fingerprint density at radius 2 is 1.93 bits per heavy atom. The lowest BCUT2D eigenvalue weighted by atomic mass is 9.92. The van der Waals surface area contributed by atoms with Crippen molar-refractivity contribution in [1.29, 1.82) is 0 Å². The molecule has 0 fully saturated rings. The van der Waals surface area contributed by atoms with Crippen molar-refractivity contribution in [2.45, 2.75) is 34.1 Å². The Hall–Kier alpha value is -1.18. The van der Waals surface area contributed by atoms with Crippen LogP contribution in [-0.4, -0.2) is 6.54 Å². The smallest absolute Gasteiger partial charge is 0.0574 e. The van der Waals surface area contributed by atoms with Gasteiger partial charge in [-0.05, 0) is 36.5 Å². The van der Waals surface area contributed by atoms with E-state index in [9.17, 15) is 0 Å². The van der Waals surface area contributed by atoms with E-state index in [1.165, 1.54) is 5.56 Å². The van der Waals surface area contributed by atoms with Crippen molar-refractivity contribution in [2.24, 2.45) is 5.41 Å². The SMILES string of the molecule is Cc1ccc(NCCC(C)(C)C)c(N)c1. The minimum Gasteiger partial charge on any atom is -0.397 e. The van der Waals surface area contributed by atoms with Crippen LogP contribution in [0.3, 0.4) is 0 Å². The Bertz CT molecular complexity index is 324. The molecule has 3 N–H and O–H groups in total. The van der Waals surface area contributed by atoms with Crippen molar-refractivity contribution in [3.05, 3.63) is 23.8 Å². The third-order valence-corrected chi connectivity index (χ3v) is 2.40. The number of anilines is 2. The largest absolute Gasteiger partial charge is 0.397 e. The summed E-state index contributed by atoms with van der Waals surface area (Å²) >= 11 is 0. The zero-order valence-electron chi connectivity index (χ0n) is 10.2. The maximum atomic E-state index is 5.91. The van der Waals surface area contributed by atoms with Crippen LogP contribution in [0.2, 0.25) is 0 Å². The molecule has 1 rings (SSSR count). The van der Waals surface area contributed by atoms with Crippen LogP contribution in [0.15, 0.2) is 18.2 Å². The van der Waals surface area contributed by atoms with Gasteiger partial charge in [0.1, 0.15) is 0 Å². The van der Waals surface area contributed by atoms with Gasteiger partial charge in [-0.15, -0.1) is 0 Å². The van der Waals surface area contributed by atoms with Crippen LogP contribution in [0.25, 0.3) is 0 Å². The summed E-state index contributed by atoms with van der Waals surface area (Å²) in [4.78, 5) is 0. The molecule has 0 aliphatic carbocycles. The Labute approximate surface area is 92.9 Å². The van der Waals surface area contributed by atoms with Gasteiger partial charge in [0.2, 0.25) is 0 Å². The van der Waals surface area contributed by atoms with Gasteiger partial charge in [-0.2, -0.15) is 0 Å². The van der Waals surface area contributed by atoms with Crippen molar-refractivity contribution in [1.82, 2.24) is 0 Å². The van der Waals surface area contributed by atoms with Gasteiger partial charge in [0.05, 0.1) is 11.4 Å². The molecule has 0 saturated carbocycles. The molecule has 0 spiro atoms. The molecule has 0 radical (unpaired) electrons. The first-order chi connectivity index (χ1) is 6.88. The van der Waals surface area contributed by atoms with Gasteiger partial charge in [0.15, 0.2) is 0 Å². The minimum atomic E-state index is 0.368. The number of nitrogen functional groups attached to an aromatic ring is 1. The molecule has 0 atom stereocenters. The second-order valence-corrected chi connectivity index (χ2v) is 5.33. The highest BCUT2D eigenvalue weighted by Gasteiger charge is 2.09. The summed E-state index contributed by atoms with van der Waals surface area (Å²) in [7, 11) is 0. The lowest BCUT2D eigenvalue weighted by Crippen LogP contribution is -2.13. The van der Waals surface area contributed by atoms with E-state index in [1.807, 2.05) is 12.1 Å². The highest BCUT2D eigenvalue weighted by Crippen LogP contribution is 2.22. The fourth-order valence-electron chi connectivity index (χ4n) is 1.42. The first-order valence-electron chi connectivity index (χ1n) is 5.48. The van der Waals surface area contributed by atoms with E-state index in [2.05, 4.69) is 39.1 Å². The number of aryl methyl sites for hydroxylation is 1. The molecule has 0 aromatic heterocycles. The van der Waals surface area contributed by atoms with E-state index >= 15 is 0 Å². The van der Waals surface area contributed by atoms with Crippen LogP contribution in [0.4, 0.5) is 11.4 Å². The van der Waals surface area contributed by atoms with Crippen LogP contribution in [0, 0.1) is 12.3 Å². The number of hydrogen-bond acceptors (Lipinski definition) is 2. The van der Waals surface area contributed by atoms with E-state index in [4.69, 9.17) is 5.73 Å². The summed E-state index contributed by atoms with van der Waals surface area (Å²) in [6, 6.07) is 6.13. The third kappa shape index (κ3) is 4.24. The molecule has 0 amide bonds. The molecule has 2 nitrogen and oxygen atoms in total. The Morgan fingerprint density at radius 1 is 1.27 bits per heavy atom. The van der Waals surface area contributed by atoms with Gasteiger partial charge in [0.25, 0.3) is 0 Å². The molecule has 0 bridgehead atoms. The summed E-state index contributed by atoms with van der Waals surface area (Å²) in [5.41, 5.74) is 9.36. The third-order valence-electron chi connectivity index (χ3n) is 2.40. The number of nitrogens with two attached hydrogens (primary N) is 1. The van der Waals surface area contributed by atoms with E-state index in [-0.39, 0.29) is 0 Å². The van der Waals surface area contributed by atoms with E-state index in [0.29, 0.717) is 5.41 Å². The highest BCUT2D eigenvalue weighted by atomic mass is 14.9. The quantitative estimate of drug-likeness (QED) is 0.744. The molecule has 15 heavy (non-hydrogen) atoms. The van der Waals surface area contributed by atoms with E-state index in [0.717, 1.165) is 24.3 Å². The van der Waals surface area contributed by atoms with Crippen molar-refractivity contribution in [3.8, 4) is 0 Å². The van der Waals surface area contributed by atoms with E-state index < -0.39 is 0 Å². The van der Waals surface area contributed by atoms with Gasteiger partial charge >= 0.3 is 0 Å². The summed E-state index contributed by atoms with van der Waals surface area (Å²) in [6.07, 6.45) is 1.14. The Balaban J connectivity index is 2.51. The minimum absolute atomic E-state index is 0.368. The number of rotatable bonds is 3. The predicted octanol–water partition coefficient (Wildman–Crippen LogP) is 3.43. The first kappa shape index (κ1) is 11.9. The van der Waals surface area contributed by atoms with Crippen LogP contribution in [-0.2, 0) is 0 Å². The molecule has 0 aliphatic rings. The zero-order valence-corrected chi connectivity index (χ0v) is 10.2. The van der Waals surface area contributed by atoms with Crippen molar-refractivity contribution in [2.75, 3.05) is 17.6 Å². The molecular formula is C13H22N2. The first-order valence-corrected chi connectivity index (χ1v) is 5.48. The molecule has 0 unspecified atom stereocenters. The van der Waals surface area contributed by atoms with Crippen LogP contribution in [0.1, 0.15) is 32.8 Å². The molecule has 0 aliphatic heterocycles. The van der Waals surface area contributed by atoms with Crippen LogP contribution >= 0.6 is 0 Å². The fraction of sp³-hybridized carbons (Fsp3) is 0.538. The second-order valence-electron chi connectivity index (χ2n) is 5.33. The molecule has 84 valence electrons. The number of benzene rings is 1. The Kier molecular flexibility index (Phi) is 3.61.